The molecule has 6 nitrogen and oxygen atoms in total. The highest BCUT2D eigenvalue weighted by Gasteiger charge is 2.31. The lowest BCUT2D eigenvalue weighted by molar-refractivity contribution is 0.0679. The van der Waals surface area contributed by atoms with E-state index in [4.69, 9.17) is 4.74 Å². The first-order chi connectivity index (χ1) is 12.3. The Morgan fingerprint density at radius 2 is 1.81 bits per heavy atom. The van der Waals surface area contributed by atoms with E-state index in [2.05, 4.69) is 11.6 Å². The molecular weight excluding hydrogens is 352 g/mol. The number of nitrogens with one attached hydrogen (secondary N) is 1. The average Bonchev–Trinajstić information content (AvgIpc) is 3.44. The molecule has 2 aliphatic carbocycles. The number of hydrogen-bond acceptors (Lipinski definition) is 4. The van der Waals surface area contributed by atoms with E-state index in [-0.39, 0.29) is 28.6 Å². The van der Waals surface area contributed by atoms with Gasteiger partial charge in [-0.1, -0.05) is 6.92 Å². The Morgan fingerprint density at radius 1 is 1.15 bits per heavy atom. The number of carbonyl (C=O) groups excluding carboxylic acids is 1. The molecule has 0 saturated heterocycles. The van der Waals surface area contributed by atoms with Gasteiger partial charge in [-0.25, -0.2) is 13.1 Å². The fourth-order valence-electron chi connectivity index (χ4n) is 3.50. The summed E-state index contributed by atoms with van der Waals surface area (Å²) < 4.78 is 33.1. The quantitative estimate of drug-likeness (QED) is 0.823. The van der Waals surface area contributed by atoms with Crippen molar-refractivity contribution in [2.24, 2.45) is 5.92 Å². The molecule has 1 N–H and O–H groups in total. The van der Waals surface area contributed by atoms with E-state index >= 15 is 0 Å². The molecule has 0 spiro atoms. The molecule has 3 rings (SSSR count). The van der Waals surface area contributed by atoms with Gasteiger partial charge in [-0.3, -0.25) is 4.79 Å². The van der Waals surface area contributed by atoms with Gasteiger partial charge in [0.25, 0.3) is 5.91 Å². The monoisotopic (exact) mass is 380 g/mol. The van der Waals surface area contributed by atoms with Crippen LogP contribution in [0.4, 0.5) is 0 Å². The first-order valence-electron chi connectivity index (χ1n) is 9.29. The molecular formula is C19H28N2O4S. The van der Waals surface area contributed by atoms with Gasteiger partial charge in [-0.05, 0) is 62.6 Å². The molecule has 26 heavy (non-hydrogen) atoms. The smallest absolute Gasteiger partial charge is 0.253 e. The van der Waals surface area contributed by atoms with Gasteiger partial charge in [-0.2, -0.15) is 0 Å². The van der Waals surface area contributed by atoms with Crippen molar-refractivity contribution in [2.75, 3.05) is 14.2 Å². The minimum absolute atomic E-state index is 0.00374. The van der Waals surface area contributed by atoms with Crippen LogP contribution in [0.2, 0.25) is 0 Å². The van der Waals surface area contributed by atoms with Crippen LogP contribution in [0.15, 0.2) is 23.1 Å². The van der Waals surface area contributed by atoms with Crippen molar-refractivity contribution < 1.29 is 17.9 Å². The number of methoxy groups -OCH3 is 1. The van der Waals surface area contributed by atoms with Crippen molar-refractivity contribution in [1.29, 1.82) is 0 Å². The summed E-state index contributed by atoms with van der Waals surface area (Å²) in [7, 11) is -0.457. The molecule has 1 amide bonds. The van der Waals surface area contributed by atoms with E-state index in [9.17, 15) is 13.2 Å². The zero-order valence-electron chi connectivity index (χ0n) is 15.7. The van der Waals surface area contributed by atoms with Crippen molar-refractivity contribution in [3.05, 3.63) is 23.8 Å². The fourth-order valence-corrected chi connectivity index (χ4v) is 5.00. The Balaban J connectivity index is 1.83. The minimum atomic E-state index is -3.70. The largest absolute Gasteiger partial charge is 0.495 e. The van der Waals surface area contributed by atoms with Gasteiger partial charge < -0.3 is 9.64 Å². The SMILES string of the molecule is COc1ccc(C(=O)N(C)C2CCC(C)CC2)cc1S(=O)(=O)NC1CC1. The first-order valence-corrected chi connectivity index (χ1v) is 10.8. The zero-order valence-corrected chi connectivity index (χ0v) is 16.5. The molecule has 0 heterocycles. The van der Waals surface area contributed by atoms with Crippen molar-refractivity contribution in [3.63, 3.8) is 0 Å². The Kier molecular flexibility index (Phi) is 5.58. The van der Waals surface area contributed by atoms with Crippen LogP contribution in [-0.2, 0) is 10.0 Å². The van der Waals surface area contributed by atoms with E-state index in [1.165, 1.54) is 13.2 Å². The number of nitrogens with zero attached hydrogens (tertiary/aromatic N) is 1. The average molecular weight is 381 g/mol. The number of rotatable bonds is 6. The summed E-state index contributed by atoms with van der Waals surface area (Å²) in [5.74, 6) is 0.819. The molecule has 1 aromatic rings. The molecule has 0 atom stereocenters. The van der Waals surface area contributed by atoms with Gasteiger partial charge in [0.1, 0.15) is 10.6 Å². The second kappa shape index (κ2) is 7.56. The van der Waals surface area contributed by atoms with Gasteiger partial charge in [0.05, 0.1) is 7.11 Å². The topological polar surface area (TPSA) is 75.7 Å². The maximum atomic E-state index is 12.9. The van der Waals surface area contributed by atoms with Crippen LogP contribution < -0.4 is 9.46 Å². The second-order valence-corrected chi connectivity index (χ2v) is 9.27. The first kappa shape index (κ1) is 19.2. The predicted molar refractivity (Wildman–Crippen MR) is 99.9 cm³/mol. The highest BCUT2D eigenvalue weighted by atomic mass is 32.2. The maximum Gasteiger partial charge on any atom is 0.253 e. The number of ether oxygens (including phenoxy) is 1. The Bertz CT molecular complexity index is 766. The van der Waals surface area contributed by atoms with E-state index < -0.39 is 10.0 Å². The molecule has 0 aromatic heterocycles. The third-order valence-corrected chi connectivity index (χ3v) is 6.99. The number of carbonyl (C=O) groups is 1. The molecule has 2 aliphatic rings. The zero-order chi connectivity index (χ0) is 18.9. The molecule has 0 aliphatic heterocycles. The van der Waals surface area contributed by atoms with Crippen LogP contribution in [0.3, 0.4) is 0 Å². The highest BCUT2D eigenvalue weighted by molar-refractivity contribution is 7.89. The standard InChI is InChI=1S/C19H28N2O4S/c1-13-4-9-16(10-5-13)21(2)19(22)14-6-11-17(25-3)18(12-14)26(23,24)20-15-7-8-15/h6,11-13,15-16,20H,4-5,7-10H2,1-3H3. The van der Waals surface area contributed by atoms with Gasteiger partial charge in [0.2, 0.25) is 10.0 Å². The Hall–Kier alpha value is -1.60. The van der Waals surface area contributed by atoms with Crippen LogP contribution in [0.1, 0.15) is 55.8 Å². The van der Waals surface area contributed by atoms with Crippen molar-refractivity contribution in [1.82, 2.24) is 9.62 Å². The van der Waals surface area contributed by atoms with E-state index in [1.54, 1.807) is 17.0 Å². The minimum Gasteiger partial charge on any atom is -0.495 e. The molecule has 0 bridgehead atoms. The van der Waals surface area contributed by atoms with Gasteiger partial charge in [0, 0.05) is 24.7 Å². The molecule has 7 heteroatoms. The lowest BCUT2D eigenvalue weighted by Crippen LogP contribution is -2.39. The van der Waals surface area contributed by atoms with Gasteiger partial charge in [0.15, 0.2) is 0 Å². The summed E-state index contributed by atoms with van der Waals surface area (Å²) in [5, 5.41) is 0. The highest BCUT2D eigenvalue weighted by Crippen LogP contribution is 2.30. The van der Waals surface area contributed by atoms with Crippen molar-refractivity contribution >= 4 is 15.9 Å². The molecule has 144 valence electrons. The molecule has 2 fully saturated rings. The molecule has 0 radical (unpaired) electrons. The molecule has 0 unspecified atom stereocenters. The maximum absolute atomic E-state index is 12.9. The number of hydrogen-bond donors (Lipinski definition) is 1. The fraction of sp³-hybridized carbons (Fsp3) is 0.632. The number of benzene rings is 1. The van der Waals surface area contributed by atoms with Gasteiger partial charge in [-0.15, -0.1) is 0 Å². The Labute approximate surface area is 156 Å². The third-order valence-electron chi connectivity index (χ3n) is 5.45. The van der Waals surface area contributed by atoms with Crippen LogP contribution in [-0.4, -0.2) is 45.5 Å². The van der Waals surface area contributed by atoms with Crippen LogP contribution in [0, 0.1) is 5.92 Å². The second-order valence-electron chi connectivity index (χ2n) is 7.59. The molecule has 1 aromatic carbocycles. The van der Waals surface area contributed by atoms with E-state index in [0.717, 1.165) is 38.5 Å². The normalized spacial score (nSPS) is 23.5. The third kappa shape index (κ3) is 4.20. The summed E-state index contributed by atoms with van der Waals surface area (Å²) in [4.78, 5) is 14.7. The number of sulfonamides is 1. The van der Waals surface area contributed by atoms with Gasteiger partial charge >= 0.3 is 0 Å². The van der Waals surface area contributed by atoms with Crippen LogP contribution in [0.5, 0.6) is 5.75 Å². The van der Waals surface area contributed by atoms with Crippen LogP contribution in [0.25, 0.3) is 0 Å². The van der Waals surface area contributed by atoms with E-state index in [0.29, 0.717) is 11.5 Å². The summed E-state index contributed by atoms with van der Waals surface area (Å²) in [6, 6.07) is 4.85. The number of amides is 1. The van der Waals surface area contributed by atoms with E-state index in [1.807, 2.05) is 7.05 Å². The summed E-state index contributed by atoms with van der Waals surface area (Å²) in [5.41, 5.74) is 0.378. The summed E-state index contributed by atoms with van der Waals surface area (Å²) >= 11 is 0. The summed E-state index contributed by atoms with van der Waals surface area (Å²) in [6.07, 6.45) is 5.93. The van der Waals surface area contributed by atoms with Crippen molar-refractivity contribution in [3.8, 4) is 5.75 Å². The lowest BCUT2D eigenvalue weighted by atomic mass is 9.86. The Morgan fingerprint density at radius 3 is 2.38 bits per heavy atom. The van der Waals surface area contributed by atoms with Crippen LogP contribution >= 0.6 is 0 Å². The summed E-state index contributed by atoms with van der Waals surface area (Å²) in [6.45, 7) is 2.24. The molecule has 2 saturated carbocycles. The lowest BCUT2D eigenvalue weighted by Gasteiger charge is -2.33. The predicted octanol–water partition coefficient (Wildman–Crippen LogP) is 2.79. The van der Waals surface area contributed by atoms with Crippen molar-refractivity contribution in [2.45, 2.75) is 62.4 Å².